The fourth-order valence-electron chi connectivity index (χ4n) is 1.22. The van der Waals surface area contributed by atoms with Gasteiger partial charge in [-0.1, -0.05) is 0 Å². The van der Waals surface area contributed by atoms with Gasteiger partial charge in [0.15, 0.2) is 0 Å². The molecule has 82 valence electrons. The number of hydrogen-bond donors (Lipinski definition) is 0. The van der Waals surface area contributed by atoms with Crippen molar-refractivity contribution in [2.45, 2.75) is 19.8 Å². The Morgan fingerprint density at radius 3 is 2.80 bits per heavy atom. The molecule has 0 saturated heterocycles. The molecule has 0 unspecified atom stereocenters. The van der Waals surface area contributed by atoms with E-state index in [1.165, 1.54) is 26.3 Å². The van der Waals surface area contributed by atoms with Gasteiger partial charge in [0.2, 0.25) is 0 Å². The molecule has 5 heteroatoms. The van der Waals surface area contributed by atoms with Crippen LogP contribution in [0.3, 0.4) is 0 Å². The van der Waals surface area contributed by atoms with Gasteiger partial charge in [0.05, 0.1) is 19.2 Å². The average molecular weight is 215 g/mol. The molecule has 1 aromatic heterocycles. The van der Waals surface area contributed by atoms with Gasteiger partial charge in [0.25, 0.3) is 6.43 Å². The second kappa shape index (κ2) is 4.82. The van der Waals surface area contributed by atoms with Gasteiger partial charge < -0.3 is 4.74 Å². The van der Waals surface area contributed by atoms with Gasteiger partial charge in [-0.2, -0.15) is 0 Å². The average Bonchev–Trinajstić information content (AvgIpc) is 2.20. The summed E-state index contributed by atoms with van der Waals surface area (Å²) >= 11 is 0. The standard InChI is InChI=1S/C10H11F2NO2/c1-6-7(10(11)12)3-4-13-8(6)5-9(14)15-2/h3-4,10H,5H2,1-2H3. The van der Waals surface area contributed by atoms with Gasteiger partial charge in [-0.05, 0) is 18.6 Å². The third-order valence-corrected chi connectivity index (χ3v) is 2.12. The van der Waals surface area contributed by atoms with Crippen LogP contribution in [0.15, 0.2) is 12.3 Å². The molecule has 0 radical (unpaired) electrons. The molecule has 0 saturated carbocycles. The third kappa shape index (κ3) is 2.71. The van der Waals surface area contributed by atoms with Crippen LogP contribution in [0.5, 0.6) is 0 Å². The highest BCUT2D eigenvalue weighted by Gasteiger charge is 2.15. The van der Waals surface area contributed by atoms with Crippen molar-refractivity contribution < 1.29 is 18.3 Å². The number of carbonyl (C=O) groups excluding carboxylic acids is 1. The molecule has 15 heavy (non-hydrogen) atoms. The van der Waals surface area contributed by atoms with Crippen molar-refractivity contribution in [2.24, 2.45) is 0 Å². The van der Waals surface area contributed by atoms with Gasteiger partial charge in [-0.25, -0.2) is 8.78 Å². The topological polar surface area (TPSA) is 39.2 Å². The van der Waals surface area contributed by atoms with Crippen LogP contribution in [0.25, 0.3) is 0 Å². The number of carbonyl (C=O) groups is 1. The fraction of sp³-hybridized carbons (Fsp3) is 0.400. The summed E-state index contributed by atoms with van der Waals surface area (Å²) in [4.78, 5) is 14.8. The Labute approximate surface area is 86.1 Å². The van der Waals surface area contributed by atoms with Gasteiger partial charge in [-0.3, -0.25) is 9.78 Å². The van der Waals surface area contributed by atoms with Crippen molar-refractivity contribution in [2.75, 3.05) is 7.11 Å². The Morgan fingerprint density at radius 2 is 2.27 bits per heavy atom. The van der Waals surface area contributed by atoms with Crippen LogP contribution < -0.4 is 0 Å². The molecule has 1 heterocycles. The summed E-state index contributed by atoms with van der Waals surface area (Å²) < 4.78 is 29.4. The van der Waals surface area contributed by atoms with Crippen LogP contribution in [-0.2, 0) is 16.0 Å². The summed E-state index contributed by atoms with van der Waals surface area (Å²) in [6.45, 7) is 1.52. The van der Waals surface area contributed by atoms with E-state index in [9.17, 15) is 13.6 Å². The van der Waals surface area contributed by atoms with E-state index in [1.807, 2.05) is 0 Å². The Bertz CT molecular complexity index is 366. The maximum absolute atomic E-state index is 12.5. The number of ether oxygens (including phenoxy) is 1. The van der Waals surface area contributed by atoms with Gasteiger partial charge >= 0.3 is 5.97 Å². The summed E-state index contributed by atoms with van der Waals surface area (Å²) in [5.41, 5.74) is 0.585. The van der Waals surface area contributed by atoms with Crippen molar-refractivity contribution in [3.05, 3.63) is 29.1 Å². The summed E-state index contributed by atoms with van der Waals surface area (Å²) in [5.74, 6) is -0.489. The largest absolute Gasteiger partial charge is 0.469 e. The molecule has 0 bridgehead atoms. The van der Waals surface area contributed by atoms with Crippen LogP contribution in [0, 0.1) is 6.92 Å². The zero-order chi connectivity index (χ0) is 11.4. The number of hydrogen-bond acceptors (Lipinski definition) is 3. The first-order valence-corrected chi connectivity index (χ1v) is 4.35. The normalized spacial score (nSPS) is 10.5. The second-order valence-corrected chi connectivity index (χ2v) is 3.03. The van der Waals surface area contributed by atoms with Crippen molar-refractivity contribution >= 4 is 5.97 Å². The summed E-state index contributed by atoms with van der Waals surface area (Å²) in [6.07, 6.45) is -1.36. The Morgan fingerprint density at radius 1 is 1.60 bits per heavy atom. The number of halogens is 2. The first kappa shape index (κ1) is 11.6. The predicted molar refractivity (Wildman–Crippen MR) is 49.7 cm³/mol. The van der Waals surface area contributed by atoms with Crippen LogP contribution in [0.1, 0.15) is 23.2 Å². The quantitative estimate of drug-likeness (QED) is 0.724. The molecule has 0 spiro atoms. The van der Waals surface area contributed by atoms with Crippen LogP contribution in [0.2, 0.25) is 0 Å². The minimum absolute atomic E-state index is 0.0805. The number of esters is 1. The number of aromatic nitrogens is 1. The van der Waals surface area contributed by atoms with E-state index < -0.39 is 12.4 Å². The minimum atomic E-state index is -2.55. The van der Waals surface area contributed by atoms with Crippen LogP contribution in [-0.4, -0.2) is 18.1 Å². The molecular weight excluding hydrogens is 204 g/mol. The molecule has 1 aromatic rings. The number of alkyl halides is 2. The lowest BCUT2D eigenvalue weighted by molar-refractivity contribution is -0.139. The van der Waals surface area contributed by atoms with Gasteiger partial charge in [0.1, 0.15) is 0 Å². The SMILES string of the molecule is COC(=O)Cc1nccc(C(F)F)c1C. The van der Waals surface area contributed by atoms with E-state index in [0.29, 0.717) is 11.3 Å². The maximum atomic E-state index is 12.5. The predicted octanol–water partition coefficient (Wildman–Crippen LogP) is 2.04. The lowest BCUT2D eigenvalue weighted by atomic mass is 10.1. The fourth-order valence-corrected chi connectivity index (χ4v) is 1.22. The van der Waals surface area contributed by atoms with E-state index in [-0.39, 0.29) is 12.0 Å². The van der Waals surface area contributed by atoms with E-state index in [2.05, 4.69) is 9.72 Å². The maximum Gasteiger partial charge on any atom is 0.311 e. The highest BCUT2D eigenvalue weighted by atomic mass is 19.3. The minimum Gasteiger partial charge on any atom is -0.469 e. The molecule has 0 aliphatic rings. The molecule has 0 aliphatic carbocycles. The van der Waals surface area contributed by atoms with Crippen molar-refractivity contribution in [3.8, 4) is 0 Å². The molecule has 0 fully saturated rings. The van der Waals surface area contributed by atoms with Crippen molar-refractivity contribution in [1.29, 1.82) is 0 Å². The van der Waals surface area contributed by atoms with Crippen molar-refractivity contribution in [1.82, 2.24) is 4.98 Å². The number of nitrogens with zero attached hydrogens (tertiary/aromatic N) is 1. The lowest BCUT2D eigenvalue weighted by Gasteiger charge is -2.08. The van der Waals surface area contributed by atoms with E-state index in [4.69, 9.17) is 0 Å². The zero-order valence-electron chi connectivity index (χ0n) is 8.46. The first-order chi connectivity index (χ1) is 7.06. The van der Waals surface area contributed by atoms with E-state index >= 15 is 0 Å². The zero-order valence-corrected chi connectivity index (χ0v) is 8.46. The third-order valence-electron chi connectivity index (χ3n) is 2.12. The smallest absolute Gasteiger partial charge is 0.311 e. The number of pyridine rings is 1. The molecule has 0 aliphatic heterocycles. The van der Waals surface area contributed by atoms with Gasteiger partial charge in [0, 0.05) is 11.8 Å². The first-order valence-electron chi connectivity index (χ1n) is 4.35. The van der Waals surface area contributed by atoms with Crippen molar-refractivity contribution in [3.63, 3.8) is 0 Å². The summed E-state index contributed by atoms with van der Waals surface area (Å²) in [6, 6.07) is 1.25. The van der Waals surface area contributed by atoms with E-state index in [1.54, 1.807) is 0 Å². The van der Waals surface area contributed by atoms with Crippen LogP contribution in [0.4, 0.5) is 8.78 Å². The molecule has 1 rings (SSSR count). The van der Waals surface area contributed by atoms with Gasteiger partial charge in [-0.15, -0.1) is 0 Å². The molecule has 0 aromatic carbocycles. The highest BCUT2D eigenvalue weighted by molar-refractivity contribution is 5.72. The Balaban J connectivity index is 2.99. The summed E-state index contributed by atoms with van der Waals surface area (Å²) in [5, 5.41) is 0. The molecule has 3 nitrogen and oxygen atoms in total. The lowest BCUT2D eigenvalue weighted by Crippen LogP contribution is -2.09. The Kier molecular flexibility index (Phi) is 3.71. The molecule has 0 amide bonds. The highest BCUT2D eigenvalue weighted by Crippen LogP contribution is 2.23. The Hall–Kier alpha value is -1.52. The molecule has 0 atom stereocenters. The van der Waals surface area contributed by atoms with Crippen LogP contribution >= 0.6 is 0 Å². The number of methoxy groups -OCH3 is 1. The second-order valence-electron chi connectivity index (χ2n) is 3.03. The van der Waals surface area contributed by atoms with E-state index in [0.717, 1.165) is 0 Å². The molecule has 0 N–H and O–H groups in total. The monoisotopic (exact) mass is 215 g/mol. The number of rotatable bonds is 3. The summed E-state index contributed by atoms with van der Waals surface area (Å²) in [7, 11) is 1.24. The molecular formula is C10H11F2NO2.